The average molecular weight is 346 g/mol. The number of piperidine rings is 1. The van der Waals surface area contributed by atoms with Crippen molar-refractivity contribution in [2.24, 2.45) is 5.73 Å². The lowest BCUT2D eigenvalue weighted by Gasteiger charge is -2.33. The van der Waals surface area contributed by atoms with Crippen LogP contribution in [0.1, 0.15) is 19.3 Å². The molecule has 7 heteroatoms. The first-order valence-electron chi connectivity index (χ1n) is 8.14. The average Bonchev–Trinajstić information content (AvgIpc) is 2.61. The number of nitrogens with two attached hydrogens (primary N) is 1. The lowest BCUT2D eigenvalue weighted by Crippen LogP contribution is -2.48. The van der Waals surface area contributed by atoms with E-state index in [0.717, 1.165) is 41.7 Å². The first-order valence-corrected chi connectivity index (χ1v) is 9.37. The molecule has 0 spiro atoms. The SMILES string of the molecule is CSc1ccc2ncc(OCCN3CCCCC3C(N)=O)nc2c1. The number of aromatic nitrogens is 2. The standard InChI is InChI=1S/C17H22N4O2S/c1-24-12-5-6-13-14(10-12)20-16(11-19-13)23-9-8-21-7-3-2-4-15(21)17(18)22/h5-6,10-11,15H,2-4,7-9H2,1H3,(H2,18,22). The Balaban J connectivity index is 1.61. The van der Waals surface area contributed by atoms with Gasteiger partial charge in [0.1, 0.15) is 6.61 Å². The van der Waals surface area contributed by atoms with Crippen LogP contribution in [-0.2, 0) is 4.79 Å². The summed E-state index contributed by atoms with van der Waals surface area (Å²) in [7, 11) is 0. The molecule has 2 aromatic rings. The zero-order valence-corrected chi connectivity index (χ0v) is 14.6. The summed E-state index contributed by atoms with van der Waals surface area (Å²) in [5, 5.41) is 0. The lowest BCUT2D eigenvalue weighted by atomic mass is 10.0. The number of carbonyl (C=O) groups excluding carboxylic acids is 1. The van der Waals surface area contributed by atoms with Crippen LogP contribution in [0.15, 0.2) is 29.3 Å². The van der Waals surface area contributed by atoms with Gasteiger partial charge in [-0.05, 0) is 43.8 Å². The molecule has 3 rings (SSSR count). The molecule has 6 nitrogen and oxygen atoms in total. The van der Waals surface area contributed by atoms with Gasteiger partial charge in [-0.15, -0.1) is 11.8 Å². The maximum Gasteiger partial charge on any atom is 0.234 e. The van der Waals surface area contributed by atoms with Crippen LogP contribution in [-0.4, -0.2) is 52.8 Å². The minimum absolute atomic E-state index is 0.172. The van der Waals surface area contributed by atoms with Gasteiger partial charge in [-0.3, -0.25) is 9.69 Å². The molecular weight excluding hydrogens is 324 g/mol. The third-order valence-electron chi connectivity index (χ3n) is 4.30. The number of hydrogen-bond acceptors (Lipinski definition) is 6. The molecule has 0 aliphatic carbocycles. The van der Waals surface area contributed by atoms with E-state index in [2.05, 4.69) is 14.9 Å². The molecule has 1 saturated heterocycles. The number of ether oxygens (including phenoxy) is 1. The quantitative estimate of drug-likeness (QED) is 0.807. The second-order valence-electron chi connectivity index (χ2n) is 5.86. The molecule has 1 aromatic heterocycles. The van der Waals surface area contributed by atoms with Gasteiger partial charge < -0.3 is 10.5 Å². The van der Waals surface area contributed by atoms with Crippen LogP contribution in [0.5, 0.6) is 5.88 Å². The molecule has 0 saturated carbocycles. The van der Waals surface area contributed by atoms with E-state index in [-0.39, 0.29) is 11.9 Å². The monoisotopic (exact) mass is 346 g/mol. The van der Waals surface area contributed by atoms with Crippen molar-refractivity contribution in [2.75, 3.05) is 26.0 Å². The minimum atomic E-state index is -0.246. The Morgan fingerprint density at radius 2 is 2.29 bits per heavy atom. The first kappa shape index (κ1) is 17.0. The molecule has 1 aliphatic rings. The highest BCUT2D eigenvalue weighted by molar-refractivity contribution is 7.98. The summed E-state index contributed by atoms with van der Waals surface area (Å²) in [6.45, 7) is 2.02. The number of nitrogens with zero attached hydrogens (tertiary/aromatic N) is 3. The number of likely N-dealkylation sites (tertiary alicyclic amines) is 1. The van der Waals surface area contributed by atoms with Gasteiger partial charge in [0.25, 0.3) is 0 Å². The summed E-state index contributed by atoms with van der Waals surface area (Å²) < 4.78 is 5.74. The minimum Gasteiger partial charge on any atom is -0.475 e. The van der Waals surface area contributed by atoms with Crippen molar-refractivity contribution in [3.05, 3.63) is 24.4 Å². The molecule has 0 bridgehead atoms. The number of benzene rings is 1. The number of primary amides is 1. The van der Waals surface area contributed by atoms with Crippen molar-refractivity contribution < 1.29 is 9.53 Å². The second-order valence-corrected chi connectivity index (χ2v) is 6.74. The second kappa shape index (κ2) is 7.81. The van der Waals surface area contributed by atoms with E-state index in [4.69, 9.17) is 10.5 Å². The van der Waals surface area contributed by atoms with E-state index in [1.807, 2.05) is 24.5 Å². The molecule has 2 heterocycles. The fourth-order valence-electron chi connectivity index (χ4n) is 3.02. The lowest BCUT2D eigenvalue weighted by molar-refractivity contribution is -0.124. The maximum absolute atomic E-state index is 11.5. The maximum atomic E-state index is 11.5. The normalized spacial score (nSPS) is 18.6. The molecular formula is C17H22N4O2S. The van der Waals surface area contributed by atoms with Crippen LogP contribution in [0.2, 0.25) is 0 Å². The number of fused-ring (bicyclic) bond motifs is 1. The van der Waals surface area contributed by atoms with E-state index >= 15 is 0 Å². The van der Waals surface area contributed by atoms with Gasteiger partial charge in [-0.2, -0.15) is 0 Å². The van der Waals surface area contributed by atoms with Crippen LogP contribution < -0.4 is 10.5 Å². The molecule has 2 N–H and O–H groups in total. The summed E-state index contributed by atoms with van der Waals surface area (Å²) >= 11 is 1.67. The smallest absolute Gasteiger partial charge is 0.234 e. The third kappa shape index (κ3) is 3.96. The molecule has 1 aromatic carbocycles. The molecule has 1 fully saturated rings. The fourth-order valence-corrected chi connectivity index (χ4v) is 3.45. The Bertz CT molecular complexity index is 725. The highest BCUT2D eigenvalue weighted by atomic mass is 32.2. The van der Waals surface area contributed by atoms with Gasteiger partial charge >= 0.3 is 0 Å². The largest absolute Gasteiger partial charge is 0.475 e. The molecule has 0 radical (unpaired) electrons. The zero-order valence-electron chi connectivity index (χ0n) is 13.8. The van der Waals surface area contributed by atoms with E-state index in [1.165, 1.54) is 0 Å². The van der Waals surface area contributed by atoms with Gasteiger partial charge in [0.2, 0.25) is 11.8 Å². The Morgan fingerprint density at radius 1 is 1.42 bits per heavy atom. The Labute approximate surface area is 145 Å². The van der Waals surface area contributed by atoms with Gasteiger partial charge in [0.15, 0.2) is 0 Å². The van der Waals surface area contributed by atoms with Crippen LogP contribution in [0.3, 0.4) is 0 Å². The highest BCUT2D eigenvalue weighted by Crippen LogP contribution is 2.21. The number of carbonyl (C=O) groups is 1. The van der Waals surface area contributed by atoms with Crippen molar-refractivity contribution in [1.82, 2.24) is 14.9 Å². The molecule has 24 heavy (non-hydrogen) atoms. The summed E-state index contributed by atoms with van der Waals surface area (Å²) in [4.78, 5) is 23.7. The highest BCUT2D eigenvalue weighted by Gasteiger charge is 2.26. The Hall–Kier alpha value is -1.86. The zero-order chi connectivity index (χ0) is 16.9. The van der Waals surface area contributed by atoms with E-state index in [1.54, 1.807) is 18.0 Å². The van der Waals surface area contributed by atoms with Crippen LogP contribution in [0, 0.1) is 0 Å². The summed E-state index contributed by atoms with van der Waals surface area (Å²) in [5.74, 6) is 0.262. The van der Waals surface area contributed by atoms with Crippen molar-refractivity contribution in [3.63, 3.8) is 0 Å². The van der Waals surface area contributed by atoms with Crippen LogP contribution >= 0.6 is 11.8 Å². The predicted molar refractivity (Wildman–Crippen MR) is 95.2 cm³/mol. The third-order valence-corrected chi connectivity index (χ3v) is 5.02. The van der Waals surface area contributed by atoms with Gasteiger partial charge in [0.05, 0.1) is 23.3 Å². The van der Waals surface area contributed by atoms with Crippen molar-refractivity contribution in [1.29, 1.82) is 0 Å². The summed E-state index contributed by atoms with van der Waals surface area (Å²) in [6.07, 6.45) is 6.66. The summed E-state index contributed by atoms with van der Waals surface area (Å²) in [6, 6.07) is 5.83. The molecule has 1 aliphatic heterocycles. The van der Waals surface area contributed by atoms with Crippen LogP contribution in [0.4, 0.5) is 0 Å². The number of rotatable bonds is 6. The van der Waals surface area contributed by atoms with Crippen molar-refractivity contribution >= 4 is 28.7 Å². The Morgan fingerprint density at radius 3 is 3.08 bits per heavy atom. The topological polar surface area (TPSA) is 81.3 Å². The number of hydrogen-bond donors (Lipinski definition) is 1. The Kier molecular flexibility index (Phi) is 5.52. The summed E-state index contributed by atoms with van der Waals surface area (Å²) in [5.41, 5.74) is 7.16. The van der Waals surface area contributed by atoms with Gasteiger partial charge in [-0.25, -0.2) is 9.97 Å². The van der Waals surface area contributed by atoms with E-state index in [0.29, 0.717) is 19.0 Å². The number of amides is 1. The predicted octanol–water partition coefficient (Wildman–Crippen LogP) is 2.07. The molecule has 1 atom stereocenters. The number of thioether (sulfide) groups is 1. The van der Waals surface area contributed by atoms with E-state index in [9.17, 15) is 4.79 Å². The first-order chi connectivity index (χ1) is 11.7. The molecule has 128 valence electrons. The van der Waals surface area contributed by atoms with Crippen molar-refractivity contribution in [3.8, 4) is 5.88 Å². The van der Waals surface area contributed by atoms with Crippen LogP contribution in [0.25, 0.3) is 11.0 Å². The van der Waals surface area contributed by atoms with Gasteiger partial charge in [0, 0.05) is 11.4 Å². The van der Waals surface area contributed by atoms with E-state index < -0.39 is 0 Å². The van der Waals surface area contributed by atoms with Gasteiger partial charge in [-0.1, -0.05) is 6.42 Å². The molecule has 1 unspecified atom stereocenters. The van der Waals surface area contributed by atoms with Crippen molar-refractivity contribution in [2.45, 2.75) is 30.2 Å². The fraction of sp³-hybridized carbons (Fsp3) is 0.471. The molecule has 1 amide bonds.